The van der Waals surface area contributed by atoms with Gasteiger partial charge in [-0.05, 0) is 36.6 Å². The van der Waals surface area contributed by atoms with Crippen LogP contribution in [0.5, 0.6) is 5.75 Å². The molecule has 1 unspecified atom stereocenters. The molecule has 0 aliphatic carbocycles. The second-order valence-corrected chi connectivity index (χ2v) is 6.46. The smallest absolute Gasteiger partial charge is 0.223 e. The predicted octanol–water partition coefficient (Wildman–Crippen LogP) is 3.54. The molecule has 0 radical (unpaired) electrons. The SMILES string of the molecule is COc1ccc(CCC(=O)N2CCOC(c3ccc(C)cc3)C2)cc1. The number of benzene rings is 2. The molecule has 2 aromatic carbocycles. The van der Waals surface area contributed by atoms with Gasteiger partial charge in [0.25, 0.3) is 0 Å². The lowest BCUT2D eigenvalue weighted by atomic mass is 10.0. The molecule has 2 aromatic rings. The van der Waals surface area contributed by atoms with Gasteiger partial charge in [0.1, 0.15) is 11.9 Å². The van der Waals surface area contributed by atoms with Crippen molar-refractivity contribution in [3.05, 3.63) is 65.2 Å². The average molecular weight is 339 g/mol. The summed E-state index contributed by atoms with van der Waals surface area (Å²) < 4.78 is 11.0. The molecule has 132 valence electrons. The van der Waals surface area contributed by atoms with Crippen LogP contribution in [0.4, 0.5) is 0 Å². The Morgan fingerprint density at radius 1 is 1.16 bits per heavy atom. The number of nitrogens with zero attached hydrogens (tertiary/aromatic N) is 1. The van der Waals surface area contributed by atoms with E-state index in [2.05, 4.69) is 31.2 Å². The van der Waals surface area contributed by atoms with Gasteiger partial charge in [0.2, 0.25) is 5.91 Å². The van der Waals surface area contributed by atoms with Gasteiger partial charge in [0, 0.05) is 13.0 Å². The van der Waals surface area contributed by atoms with E-state index >= 15 is 0 Å². The summed E-state index contributed by atoms with van der Waals surface area (Å²) in [5.41, 5.74) is 3.52. The number of amides is 1. The summed E-state index contributed by atoms with van der Waals surface area (Å²) in [5, 5.41) is 0. The minimum Gasteiger partial charge on any atom is -0.497 e. The largest absolute Gasteiger partial charge is 0.497 e. The molecule has 1 aliphatic heterocycles. The van der Waals surface area contributed by atoms with Crippen molar-refractivity contribution in [3.8, 4) is 5.75 Å². The number of carbonyl (C=O) groups is 1. The highest BCUT2D eigenvalue weighted by Crippen LogP contribution is 2.23. The van der Waals surface area contributed by atoms with Crippen LogP contribution in [0.2, 0.25) is 0 Å². The fourth-order valence-electron chi connectivity index (χ4n) is 3.06. The normalized spacial score (nSPS) is 17.4. The number of morpholine rings is 1. The van der Waals surface area contributed by atoms with Crippen molar-refractivity contribution in [2.45, 2.75) is 25.9 Å². The second-order valence-electron chi connectivity index (χ2n) is 6.46. The maximum Gasteiger partial charge on any atom is 0.223 e. The Balaban J connectivity index is 1.55. The van der Waals surface area contributed by atoms with E-state index in [0.29, 0.717) is 26.1 Å². The third kappa shape index (κ3) is 4.60. The first kappa shape index (κ1) is 17.5. The van der Waals surface area contributed by atoms with E-state index < -0.39 is 0 Å². The number of hydrogen-bond donors (Lipinski definition) is 0. The lowest BCUT2D eigenvalue weighted by Crippen LogP contribution is -2.42. The first-order valence-corrected chi connectivity index (χ1v) is 8.74. The Labute approximate surface area is 149 Å². The van der Waals surface area contributed by atoms with Crippen molar-refractivity contribution >= 4 is 5.91 Å². The zero-order chi connectivity index (χ0) is 17.6. The number of hydrogen-bond acceptors (Lipinski definition) is 3. The standard InChI is InChI=1S/C21H25NO3/c1-16-3-8-18(9-4-16)20-15-22(13-14-25-20)21(23)12-7-17-5-10-19(24-2)11-6-17/h3-6,8-11,20H,7,12-15H2,1-2H3. The Morgan fingerprint density at radius 2 is 1.88 bits per heavy atom. The lowest BCUT2D eigenvalue weighted by molar-refractivity contribution is -0.139. The van der Waals surface area contributed by atoms with E-state index in [4.69, 9.17) is 9.47 Å². The minimum absolute atomic E-state index is 0.0284. The molecule has 0 N–H and O–H groups in total. The van der Waals surface area contributed by atoms with Crippen LogP contribution < -0.4 is 4.74 Å². The summed E-state index contributed by atoms with van der Waals surface area (Å²) in [6.07, 6.45) is 1.24. The summed E-state index contributed by atoms with van der Waals surface area (Å²) >= 11 is 0. The van der Waals surface area contributed by atoms with Gasteiger partial charge in [-0.1, -0.05) is 42.0 Å². The maximum atomic E-state index is 12.6. The zero-order valence-electron chi connectivity index (χ0n) is 14.9. The highest BCUT2D eigenvalue weighted by Gasteiger charge is 2.25. The summed E-state index contributed by atoms with van der Waals surface area (Å²) in [6.45, 7) is 3.96. The van der Waals surface area contributed by atoms with Gasteiger partial charge in [-0.25, -0.2) is 0 Å². The molecule has 1 fully saturated rings. The van der Waals surface area contributed by atoms with Gasteiger partial charge < -0.3 is 14.4 Å². The van der Waals surface area contributed by atoms with Gasteiger partial charge >= 0.3 is 0 Å². The monoisotopic (exact) mass is 339 g/mol. The third-order valence-electron chi connectivity index (χ3n) is 4.65. The van der Waals surface area contributed by atoms with Gasteiger partial charge in [0.15, 0.2) is 0 Å². The highest BCUT2D eigenvalue weighted by atomic mass is 16.5. The van der Waals surface area contributed by atoms with E-state index in [1.54, 1.807) is 7.11 Å². The molecule has 0 aromatic heterocycles. The maximum absolute atomic E-state index is 12.6. The molecule has 1 aliphatic rings. The van der Waals surface area contributed by atoms with Gasteiger partial charge in [-0.3, -0.25) is 4.79 Å². The average Bonchev–Trinajstić information content (AvgIpc) is 2.67. The number of carbonyl (C=O) groups excluding carboxylic acids is 1. The van der Waals surface area contributed by atoms with Crippen molar-refractivity contribution in [1.82, 2.24) is 4.90 Å². The second kappa shape index (κ2) is 8.17. The fourth-order valence-corrected chi connectivity index (χ4v) is 3.06. The van der Waals surface area contributed by atoms with Crippen LogP contribution in [0.15, 0.2) is 48.5 Å². The Bertz CT molecular complexity index is 694. The molecule has 4 heteroatoms. The molecule has 1 atom stereocenters. The number of ether oxygens (including phenoxy) is 2. The minimum atomic E-state index is -0.0284. The summed E-state index contributed by atoms with van der Waals surface area (Å²) in [6, 6.07) is 16.2. The predicted molar refractivity (Wildman–Crippen MR) is 97.8 cm³/mol. The van der Waals surface area contributed by atoms with Gasteiger partial charge in [0.05, 0.1) is 20.3 Å². The molecule has 0 spiro atoms. The summed E-state index contributed by atoms with van der Waals surface area (Å²) in [4.78, 5) is 14.5. The van der Waals surface area contributed by atoms with Crippen LogP contribution in [-0.4, -0.2) is 37.6 Å². The van der Waals surface area contributed by atoms with E-state index in [9.17, 15) is 4.79 Å². The van der Waals surface area contributed by atoms with Crippen LogP contribution >= 0.6 is 0 Å². The molecule has 3 rings (SSSR count). The van der Waals surface area contributed by atoms with Crippen molar-refractivity contribution in [2.75, 3.05) is 26.8 Å². The summed E-state index contributed by atoms with van der Waals surface area (Å²) in [5.74, 6) is 1.03. The number of rotatable bonds is 5. The highest BCUT2D eigenvalue weighted by molar-refractivity contribution is 5.76. The van der Waals surface area contributed by atoms with E-state index in [0.717, 1.165) is 23.3 Å². The first-order chi connectivity index (χ1) is 12.2. The third-order valence-corrected chi connectivity index (χ3v) is 4.65. The Morgan fingerprint density at radius 3 is 2.56 bits per heavy atom. The fraction of sp³-hybridized carbons (Fsp3) is 0.381. The lowest BCUT2D eigenvalue weighted by Gasteiger charge is -2.33. The molecule has 25 heavy (non-hydrogen) atoms. The molecule has 1 saturated heterocycles. The van der Waals surface area contributed by atoms with Crippen LogP contribution in [0.1, 0.15) is 29.2 Å². The molecular weight excluding hydrogens is 314 g/mol. The molecule has 1 amide bonds. The van der Waals surface area contributed by atoms with Crippen LogP contribution in [0, 0.1) is 6.92 Å². The van der Waals surface area contributed by atoms with Crippen LogP contribution in [-0.2, 0) is 16.0 Å². The summed E-state index contributed by atoms with van der Waals surface area (Å²) in [7, 11) is 1.65. The molecule has 4 nitrogen and oxygen atoms in total. The first-order valence-electron chi connectivity index (χ1n) is 8.74. The van der Waals surface area contributed by atoms with E-state index in [1.807, 2.05) is 29.2 Å². The van der Waals surface area contributed by atoms with Crippen molar-refractivity contribution < 1.29 is 14.3 Å². The molecule has 0 saturated carbocycles. The Kier molecular flexibility index (Phi) is 5.71. The zero-order valence-corrected chi connectivity index (χ0v) is 14.9. The van der Waals surface area contributed by atoms with Crippen LogP contribution in [0.25, 0.3) is 0 Å². The van der Waals surface area contributed by atoms with E-state index in [-0.39, 0.29) is 12.0 Å². The van der Waals surface area contributed by atoms with Crippen molar-refractivity contribution in [2.24, 2.45) is 0 Å². The molecule has 0 bridgehead atoms. The number of methoxy groups -OCH3 is 1. The molecular formula is C21H25NO3. The Hall–Kier alpha value is -2.33. The molecule has 1 heterocycles. The quantitative estimate of drug-likeness (QED) is 0.836. The van der Waals surface area contributed by atoms with Gasteiger partial charge in [-0.15, -0.1) is 0 Å². The van der Waals surface area contributed by atoms with E-state index in [1.165, 1.54) is 5.56 Å². The topological polar surface area (TPSA) is 38.8 Å². The van der Waals surface area contributed by atoms with Gasteiger partial charge in [-0.2, -0.15) is 0 Å². The van der Waals surface area contributed by atoms with Crippen molar-refractivity contribution in [1.29, 1.82) is 0 Å². The van der Waals surface area contributed by atoms with Crippen LogP contribution in [0.3, 0.4) is 0 Å². The van der Waals surface area contributed by atoms with Crippen molar-refractivity contribution in [3.63, 3.8) is 0 Å². The number of aryl methyl sites for hydroxylation is 2.